The highest BCUT2D eigenvalue weighted by Crippen LogP contribution is 2.28. The number of benzene rings is 3. The van der Waals surface area contributed by atoms with Crippen molar-refractivity contribution in [2.24, 2.45) is 0 Å². The van der Waals surface area contributed by atoms with Gasteiger partial charge in [-0.3, -0.25) is 14.3 Å². The fourth-order valence-electron chi connectivity index (χ4n) is 3.00. The average molecular weight is 472 g/mol. The number of nitrogens with one attached hydrogen (secondary N) is 3. The number of aryl methyl sites for hydroxylation is 1. The number of halogens is 1. The van der Waals surface area contributed by atoms with Gasteiger partial charge in [-0.05, 0) is 48.9 Å². The lowest BCUT2D eigenvalue weighted by Crippen LogP contribution is -2.33. The van der Waals surface area contributed by atoms with Crippen LogP contribution in [0.25, 0.3) is 0 Å². The molecular formula is C23H22FN3O5S. The van der Waals surface area contributed by atoms with Gasteiger partial charge in [0.1, 0.15) is 11.6 Å². The van der Waals surface area contributed by atoms with Crippen LogP contribution in [-0.4, -0.2) is 33.9 Å². The van der Waals surface area contributed by atoms with Crippen LogP contribution in [0, 0.1) is 12.7 Å². The Morgan fingerprint density at radius 2 is 1.70 bits per heavy atom. The number of carbonyl (C=O) groups excluding carboxylic acids is 2. The van der Waals surface area contributed by atoms with Crippen molar-refractivity contribution >= 4 is 33.2 Å². The van der Waals surface area contributed by atoms with E-state index in [4.69, 9.17) is 4.74 Å². The molecule has 0 aliphatic rings. The minimum absolute atomic E-state index is 0.0402. The van der Waals surface area contributed by atoms with Crippen molar-refractivity contribution in [3.8, 4) is 5.75 Å². The lowest BCUT2D eigenvalue weighted by Gasteiger charge is -2.14. The summed E-state index contributed by atoms with van der Waals surface area (Å²) in [6.45, 7) is 1.19. The van der Waals surface area contributed by atoms with E-state index in [0.717, 1.165) is 6.07 Å². The summed E-state index contributed by atoms with van der Waals surface area (Å²) in [5.74, 6) is -1.69. The molecule has 0 radical (unpaired) electrons. The van der Waals surface area contributed by atoms with E-state index >= 15 is 0 Å². The molecule has 0 fully saturated rings. The molecule has 0 aliphatic heterocycles. The van der Waals surface area contributed by atoms with Gasteiger partial charge in [0, 0.05) is 5.69 Å². The molecule has 3 N–H and O–H groups in total. The van der Waals surface area contributed by atoms with E-state index in [1.165, 1.54) is 37.4 Å². The van der Waals surface area contributed by atoms with Crippen molar-refractivity contribution in [1.82, 2.24) is 5.32 Å². The Balaban J connectivity index is 1.71. The topological polar surface area (TPSA) is 114 Å². The number of para-hydroxylation sites is 2. The molecule has 0 heterocycles. The zero-order chi connectivity index (χ0) is 24.0. The van der Waals surface area contributed by atoms with Crippen LogP contribution in [0.4, 0.5) is 15.8 Å². The summed E-state index contributed by atoms with van der Waals surface area (Å²) in [7, 11) is -2.56. The quantitative estimate of drug-likeness (QED) is 0.467. The van der Waals surface area contributed by atoms with E-state index in [2.05, 4.69) is 15.4 Å². The molecule has 10 heteroatoms. The van der Waals surface area contributed by atoms with Crippen molar-refractivity contribution in [1.29, 1.82) is 0 Å². The van der Waals surface area contributed by atoms with E-state index in [-0.39, 0.29) is 21.8 Å². The normalized spacial score (nSPS) is 10.9. The smallest absolute Gasteiger partial charge is 0.262 e. The van der Waals surface area contributed by atoms with E-state index in [9.17, 15) is 22.4 Å². The third kappa shape index (κ3) is 5.86. The second-order valence-corrected chi connectivity index (χ2v) is 8.65. The molecule has 3 aromatic rings. The van der Waals surface area contributed by atoms with Gasteiger partial charge in [0.2, 0.25) is 5.91 Å². The van der Waals surface area contributed by atoms with Crippen LogP contribution < -0.4 is 20.1 Å². The second kappa shape index (κ2) is 10.1. The number of hydrogen-bond acceptors (Lipinski definition) is 5. The van der Waals surface area contributed by atoms with Gasteiger partial charge < -0.3 is 15.4 Å². The largest absolute Gasteiger partial charge is 0.495 e. The predicted octanol–water partition coefficient (Wildman–Crippen LogP) is 3.31. The first-order valence-electron chi connectivity index (χ1n) is 9.80. The maximum atomic E-state index is 13.7. The Labute approximate surface area is 190 Å². The molecule has 0 saturated carbocycles. The van der Waals surface area contributed by atoms with Gasteiger partial charge >= 0.3 is 0 Å². The van der Waals surface area contributed by atoms with Gasteiger partial charge in [-0.25, -0.2) is 12.8 Å². The third-order valence-corrected chi connectivity index (χ3v) is 6.15. The average Bonchev–Trinajstić information content (AvgIpc) is 2.79. The Bertz CT molecular complexity index is 1290. The summed E-state index contributed by atoms with van der Waals surface area (Å²) in [5, 5.41) is 4.85. The number of rotatable bonds is 8. The molecule has 3 rings (SSSR count). The fraction of sp³-hybridized carbons (Fsp3) is 0.130. The van der Waals surface area contributed by atoms with Crippen LogP contribution in [0.15, 0.2) is 71.6 Å². The summed E-state index contributed by atoms with van der Waals surface area (Å²) in [6, 6.07) is 16.4. The van der Waals surface area contributed by atoms with Gasteiger partial charge in [-0.1, -0.05) is 30.3 Å². The van der Waals surface area contributed by atoms with Crippen LogP contribution in [0.3, 0.4) is 0 Å². The number of hydrogen-bond donors (Lipinski definition) is 3. The summed E-state index contributed by atoms with van der Waals surface area (Å²) >= 11 is 0. The predicted molar refractivity (Wildman–Crippen MR) is 122 cm³/mol. The monoisotopic (exact) mass is 471 g/mol. The zero-order valence-electron chi connectivity index (χ0n) is 17.9. The lowest BCUT2D eigenvalue weighted by atomic mass is 10.2. The first-order valence-corrected chi connectivity index (χ1v) is 11.3. The highest BCUT2D eigenvalue weighted by molar-refractivity contribution is 7.92. The van der Waals surface area contributed by atoms with Crippen LogP contribution in [0.2, 0.25) is 0 Å². The van der Waals surface area contributed by atoms with E-state index in [1.54, 1.807) is 37.3 Å². The third-order valence-electron chi connectivity index (χ3n) is 4.64. The number of anilines is 2. The zero-order valence-corrected chi connectivity index (χ0v) is 18.7. The molecule has 0 aromatic heterocycles. The highest BCUT2D eigenvalue weighted by atomic mass is 32.2. The molecule has 0 atom stereocenters. The molecule has 0 unspecified atom stereocenters. The maximum absolute atomic E-state index is 13.7. The highest BCUT2D eigenvalue weighted by Gasteiger charge is 2.20. The number of ether oxygens (including phenoxy) is 1. The van der Waals surface area contributed by atoms with Gasteiger partial charge in [0.15, 0.2) is 0 Å². The van der Waals surface area contributed by atoms with Crippen molar-refractivity contribution in [2.45, 2.75) is 11.8 Å². The molecule has 0 saturated heterocycles. The maximum Gasteiger partial charge on any atom is 0.262 e. The van der Waals surface area contributed by atoms with Gasteiger partial charge in [-0.15, -0.1) is 0 Å². The summed E-state index contributed by atoms with van der Waals surface area (Å²) in [4.78, 5) is 24.3. The number of methoxy groups -OCH3 is 1. The first kappa shape index (κ1) is 23.7. The minimum atomic E-state index is -3.99. The fourth-order valence-corrected chi connectivity index (χ4v) is 4.34. The Morgan fingerprint density at radius 1 is 1.00 bits per heavy atom. The molecule has 172 valence electrons. The van der Waals surface area contributed by atoms with Crippen molar-refractivity contribution < 1.29 is 27.1 Å². The van der Waals surface area contributed by atoms with Crippen LogP contribution in [0.5, 0.6) is 5.75 Å². The van der Waals surface area contributed by atoms with Crippen LogP contribution in [-0.2, 0) is 14.8 Å². The molecule has 8 nitrogen and oxygen atoms in total. The van der Waals surface area contributed by atoms with Crippen molar-refractivity contribution in [2.75, 3.05) is 23.7 Å². The molecule has 0 bridgehead atoms. The molecule has 2 amide bonds. The molecular weight excluding hydrogens is 449 g/mol. The van der Waals surface area contributed by atoms with E-state index < -0.39 is 34.2 Å². The van der Waals surface area contributed by atoms with Crippen LogP contribution in [0.1, 0.15) is 15.9 Å². The molecule has 0 spiro atoms. The van der Waals surface area contributed by atoms with E-state index in [1.807, 2.05) is 0 Å². The Morgan fingerprint density at radius 3 is 2.42 bits per heavy atom. The van der Waals surface area contributed by atoms with E-state index in [0.29, 0.717) is 11.3 Å². The van der Waals surface area contributed by atoms with Gasteiger partial charge in [0.25, 0.3) is 15.9 Å². The molecule has 3 aromatic carbocycles. The second-order valence-electron chi connectivity index (χ2n) is 7.00. The SMILES string of the molecule is COc1ccccc1NS(=O)(=O)c1cc(NC(=O)CNC(=O)c2ccccc2F)ccc1C. The summed E-state index contributed by atoms with van der Waals surface area (Å²) in [6.07, 6.45) is 0. The Kier molecular flexibility index (Phi) is 7.29. The number of sulfonamides is 1. The standard InChI is InChI=1S/C23H22FN3O5S/c1-15-11-12-16(26-22(28)14-25-23(29)17-7-3-4-8-18(17)24)13-21(15)33(30,31)27-19-9-5-6-10-20(19)32-2/h3-13,27H,14H2,1-2H3,(H,25,29)(H,26,28). The number of amides is 2. The van der Waals surface area contributed by atoms with Crippen molar-refractivity contribution in [3.05, 3.63) is 83.7 Å². The Hall–Kier alpha value is -3.92. The summed E-state index contributed by atoms with van der Waals surface area (Å²) < 4.78 is 47.3. The van der Waals surface area contributed by atoms with Crippen molar-refractivity contribution in [3.63, 3.8) is 0 Å². The van der Waals surface area contributed by atoms with Crippen LogP contribution >= 0.6 is 0 Å². The molecule has 0 aliphatic carbocycles. The molecule has 33 heavy (non-hydrogen) atoms. The minimum Gasteiger partial charge on any atom is -0.495 e. The lowest BCUT2D eigenvalue weighted by molar-refractivity contribution is -0.115. The number of carbonyl (C=O) groups is 2. The van der Waals surface area contributed by atoms with Gasteiger partial charge in [-0.2, -0.15) is 0 Å². The summed E-state index contributed by atoms with van der Waals surface area (Å²) in [5.41, 5.74) is 0.760. The van der Waals surface area contributed by atoms with Gasteiger partial charge in [0.05, 0.1) is 29.8 Å². The first-order chi connectivity index (χ1) is 15.7.